The molecule has 1 unspecified atom stereocenters. The fourth-order valence-corrected chi connectivity index (χ4v) is 2.51. The van der Waals surface area contributed by atoms with E-state index in [0.29, 0.717) is 12.6 Å². The third kappa shape index (κ3) is 4.25. The molecule has 1 atom stereocenters. The molecule has 106 valence electrons. The van der Waals surface area contributed by atoms with Crippen LogP contribution in [0.15, 0.2) is 24.3 Å². The Hall–Kier alpha value is -1.00. The van der Waals surface area contributed by atoms with Crippen LogP contribution in [-0.2, 0) is 11.3 Å². The van der Waals surface area contributed by atoms with E-state index in [1.54, 1.807) is 12.1 Å². The Morgan fingerprint density at radius 3 is 2.89 bits per heavy atom. The molecule has 1 aliphatic heterocycles. The topological polar surface area (TPSA) is 21.3 Å². The van der Waals surface area contributed by atoms with Gasteiger partial charge in [-0.3, -0.25) is 0 Å². The van der Waals surface area contributed by atoms with Crippen molar-refractivity contribution in [2.75, 3.05) is 6.61 Å². The lowest BCUT2D eigenvalue weighted by Gasteiger charge is -2.36. The van der Waals surface area contributed by atoms with Crippen LogP contribution in [-0.4, -0.2) is 18.2 Å². The third-order valence-electron chi connectivity index (χ3n) is 3.49. The van der Waals surface area contributed by atoms with Crippen molar-refractivity contribution in [1.29, 1.82) is 0 Å². The van der Waals surface area contributed by atoms with Crippen LogP contribution in [0.25, 0.3) is 0 Å². The van der Waals surface area contributed by atoms with Crippen LogP contribution < -0.4 is 5.32 Å². The number of ether oxygens (including phenoxy) is 1. The van der Waals surface area contributed by atoms with Gasteiger partial charge in [0.05, 0.1) is 5.60 Å². The molecule has 2 nitrogen and oxygen atoms in total. The Bertz CT molecular complexity index is 420. The van der Waals surface area contributed by atoms with Crippen LogP contribution in [0.4, 0.5) is 8.78 Å². The number of hydrogen-bond donors (Lipinski definition) is 1. The van der Waals surface area contributed by atoms with Crippen molar-refractivity contribution in [3.8, 4) is 0 Å². The Labute approximate surface area is 113 Å². The molecule has 0 radical (unpaired) electrons. The minimum Gasteiger partial charge on any atom is -0.375 e. The highest BCUT2D eigenvalue weighted by molar-refractivity contribution is 5.24. The van der Waals surface area contributed by atoms with E-state index in [4.69, 9.17) is 4.74 Å². The third-order valence-corrected chi connectivity index (χ3v) is 3.49. The first kappa shape index (κ1) is 14.4. The molecule has 19 heavy (non-hydrogen) atoms. The zero-order valence-electron chi connectivity index (χ0n) is 11.5. The molecule has 1 fully saturated rings. The van der Waals surface area contributed by atoms with Crippen LogP contribution in [0.3, 0.4) is 0 Å². The molecule has 0 aromatic heterocycles. The molecule has 0 aliphatic carbocycles. The van der Waals surface area contributed by atoms with Crippen LogP contribution in [0.2, 0.25) is 0 Å². The highest BCUT2D eigenvalue weighted by Gasteiger charge is 2.28. The van der Waals surface area contributed by atoms with E-state index in [1.807, 2.05) is 6.07 Å². The fourth-order valence-electron chi connectivity index (χ4n) is 2.51. The molecular weight excluding hydrogens is 248 g/mol. The van der Waals surface area contributed by atoms with Gasteiger partial charge in [0.1, 0.15) is 0 Å². The van der Waals surface area contributed by atoms with Crippen LogP contribution >= 0.6 is 0 Å². The molecule has 1 N–H and O–H groups in total. The van der Waals surface area contributed by atoms with E-state index in [0.717, 1.165) is 25.0 Å². The van der Waals surface area contributed by atoms with Gasteiger partial charge in [-0.1, -0.05) is 18.2 Å². The van der Waals surface area contributed by atoms with Crippen molar-refractivity contribution in [1.82, 2.24) is 5.32 Å². The predicted octanol–water partition coefficient (Wildman–Crippen LogP) is 3.67. The quantitative estimate of drug-likeness (QED) is 0.900. The summed E-state index contributed by atoms with van der Waals surface area (Å²) in [4.78, 5) is 0. The zero-order valence-corrected chi connectivity index (χ0v) is 11.5. The van der Waals surface area contributed by atoms with Gasteiger partial charge in [-0.2, -0.15) is 0 Å². The molecule has 2 rings (SSSR count). The van der Waals surface area contributed by atoms with Crippen LogP contribution in [0.1, 0.15) is 44.2 Å². The van der Waals surface area contributed by atoms with Gasteiger partial charge in [-0.15, -0.1) is 0 Å². The van der Waals surface area contributed by atoms with Gasteiger partial charge in [0, 0.05) is 24.8 Å². The number of nitrogens with one attached hydrogen (secondary N) is 1. The average molecular weight is 269 g/mol. The van der Waals surface area contributed by atoms with Gasteiger partial charge in [0.15, 0.2) is 0 Å². The molecule has 0 saturated carbocycles. The zero-order chi connectivity index (χ0) is 13.9. The molecule has 1 aromatic carbocycles. The molecule has 0 spiro atoms. The summed E-state index contributed by atoms with van der Waals surface area (Å²) in [6.45, 7) is 5.54. The maximum atomic E-state index is 12.6. The minimum absolute atomic E-state index is 0.0895. The molecule has 1 aliphatic rings. The van der Waals surface area contributed by atoms with Crippen molar-refractivity contribution in [2.24, 2.45) is 0 Å². The standard InChI is InChI=1S/C15H21F2NO/c1-15(2)9-13(6-7-19-15)18-10-11-4-3-5-12(8-11)14(16)17/h3-5,8,13-14,18H,6-7,9-10H2,1-2H3. The molecule has 0 amide bonds. The number of alkyl halides is 2. The Kier molecular flexibility index (Phi) is 4.53. The molecule has 0 bridgehead atoms. The first-order valence-corrected chi connectivity index (χ1v) is 6.71. The van der Waals surface area contributed by atoms with Gasteiger partial charge in [0.2, 0.25) is 0 Å². The highest BCUT2D eigenvalue weighted by Crippen LogP contribution is 2.24. The summed E-state index contributed by atoms with van der Waals surface area (Å²) in [7, 11) is 0. The Morgan fingerprint density at radius 1 is 1.42 bits per heavy atom. The van der Waals surface area contributed by atoms with Gasteiger partial charge in [-0.25, -0.2) is 8.78 Å². The van der Waals surface area contributed by atoms with E-state index in [2.05, 4.69) is 19.2 Å². The van der Waals surface area contributed by atoms with Crippen LogP contribution in [0, 0.1) is 0 Å². The summed E-state index contributed by atoms with van der Waals surface area (Å²) in [5, 5.41) is 3.43. The summed E-state index contributed by atoms with van der Waals surface area (Å²) in [5.74, 6) is 0. The highest BCUT2D eigenvalue weighted by atomic mass is 19.3. The lowest BCUT2D eigenvalue weighted by molar-refractivity contribution is -0.0630. The van der Waals surface area contributed by atoms with E-state index in [9.17, 15) is 8.78 Å². The van der Waals surface area contributed by atoms with E-state index in [1.165, 1.54) is 6.07 Å². The summed E-state index contributed by atoms with van der Waals surface area (Å²) in [6, 6.07) is 6.99. The summed E-state index contributed by atoms with van der Waals surface area (Å²) >= 11 is 0. The first-order valence-electron chi connectivity index (χ1n) is 6.71. The SMILES string of the molecule is CC1(C)CC(NCc2cccc(C(F)F)c2)CCO1. The van der Waals surface area contributed by atoms with Crippen molar-refractivity contribution >= 4 is 0 Å². The van der Waals surface area contributed by atoms with Gasteiger partial charge in [-0.05, 0) is 38.3 Å². The number of hydrogen-bond acceptors (Lipinski definition) is 2. The average Bonchev–Trinajstić information content (AvgIpc) is 2.35. The van der Waals surface area contributed by atoms with Crippen molar-refractivity contribution in [2.45, 2.75) is 51.3 Å². The molecule has 1 aromatic rings. The predicted molar refractivity (Wildman–Crippen MR) is 71.3 cm³/mol. The lowest BCUT2D eigenvalue weighted by Crippen LogP contribution is -2.43. The van der Waals surface area contributed by atoms with Crippen molar-refractivity contribution in [3.05, 3.63) is 35.4 Å². The van der Waals surface area contributed by atoms with E-state index in [-0.39, 0.29) is 11.2 Å². The summed E-state index contributed by atoms with van der Waals surface area (Å²) in [5.41, 5.74) is 0.898. The number of rotatable bonds is 4. The van der Waals surface area contributed by atoms with Crippen LogP contribution in [0.5, 0.6) is 0 Å². The van der Waals surface area contributed by atoms with Gasteiger partial charge in [0.25, 0.3) is 6.43 Å². The Morgan fingerprint density at radius 2 is 2.21 bits per heavy atom. The summed E-state index contributed by atoms with van der Waals surface area (Å²) in [6.07, 6.45) is -0.485. The Balaban J connectivity index is 1.90. The normalized spacial score (nSPS) is 22.7. The first-order chi connectivity index (χ1) is 8.96. The molecule has 1 heterocycles. The fraction of sp³-hybridized carbons (Fsp3) is 0.600. The van der Waals surface area contributed by atoms with Gasteiger partial charge < -0.3 is 10.1 Å². The number of benzene rings is 1. The lowest BCUT2D eigenvalue weighted by atomic mass is 9.94. The van der Waals surface area contributed by atoms with Crippen molar-refractivity contribution < 1.29 is 13.5 Å². The van der Waals surface area contributed by atoms with E-state index < -0.39 is 6.43 Å². The second-order valence-corrected chi connectivity index (χ2v) is 5.72. The van der Waals surface area contributed by atoms with E-state index >= 15 is 0 Å². The molecule has 4 heteroatoms. The second-order valence-electron chi connectivity index (χ2n) is 5.72. The van der Waals surface area contributed by atoms with Gasteiger partial charge >= 0.3 is 0 Å². The summed E-state index contributed by atoms with van der Waals surface area (Å²) < 4.78 is 30.9. The largest absolute Gasteiger partial charge is 0.375 e. The monoisotopic (exact) mass is 269 g/mol. The van der Waals surface area contributed by atoms with Crippen molar-refractivity contribution in [3.63, 3.8) is 0 Å². The maximum absolute atomic E-state index is 12.6. The maximum Gasteiger partial charge on any atom is 0.263 e. The second kappa shape index (κ2) is 5.97. The molecular formula is C15H21F2NO. The number of halogens is 2. The molecule has 1 saturated heterocycles. The minimum atomic E-state index is -2.40. The smallest absolute Gasteiger partial charge is 0.263 e.